The molecule has 0 aromatic carbocycles. The van der Waals surface area contributed by atoms with Crippen molar-refractivity contribution in [2.24, 2.45) is 5.41 Å². The molecule has 0 aliphatic carbocycles. The van der Waals surface area contributed by atoms with E-state index < -0.39 is 0 Å². The van der Waals surface area contributed by atoms with E-state index in [1.165, 1.54) is 38.8 Å². The molecular weight excluding hydrogens is 248 g/mol. The van der Waals surface area contributed by atoms with Gasteiger partial charge in [-0.3, -0.25) is 4.90 Å². The molecule has 0 saturated carbocycles. The maximum absolute atomic E-state index is 5.74. The molecule has 3 heteroatoms. The number of hydrogen-bond acceptors (Lipinski definition) is 3. The van der Waals surface area contributed by atoms with Gasteiger partial charge in [0.1, 0.15) is 0 Å². The van der Waals surface area contributed by atoms with Crippen LogP contribution in [0.1, 0.15) is 60.3 Å². The fourth-order valence-electron chi connectivity index (χ4n) is 3.37. The summed E-state index contributed by atoms with van der Waals surface area (Å²) in [6.07, 6.45) is 5.58. The molecule has 2 saturated heterocycles. The van der Waals surface area contributed by atoms with Gasteiger partial charge in [-0.15, -0.1) is 0 Å². The maximum atomic E-state index is 5.74. The summed E-state index contributed by atoms with van der Waals surface area (Å²) in [4.78, 5) is 2.69. The lowest BCUT2D eigenvalue weighted by molar-refractivity contribution is 0.0296. The lowest BCUT2D eigenvalue weighted by Gasteiger charge is -2.49. The van der Waals surface area contributed by atoms with E-state index in [1.54, 1.807) is 0 Å². The molecule has 2 atom stereocenters. The topological polar surface area (TPSA) is 24.5 Å². The van der Waals surface area contributed by atoms with Gasteiger partial charge >= 0.3 is 0 Å². The van der Waals surface area contributed by atoms with Crippen LogP contribution in [0, 0.1) is 5.41 Å². The van der Waals surface area contributed by atoms with Crippen molar-refractivity contribution in [1.29, 1.82) is 0 Å². The van der Waals surface area contributed by atoms with E-state index >= 15 is 0 Å². The van der Waals surface area contributed by atoms with Crippen LogP contribution in [-0.2, 0) is 4.74 Å². The molecule has 2 rings (SSSR count). The van der Waals surface area contributed by atoms with Crippen molar-refractivity contribution in [3.63, 3.8) is 0 Å². The van der Waals surface area contributed by atoms with Gasteiger partial charge in [-0.2, -0.15) is 0 Å². The van der Waals surface area contributed by atoms with E-state index in [2.05, 4.69) is 44.8 Å². The Morgan fingerprint density at radius 1 is 1.30 bits per heavy atom. The van der Waals surface area contributed by atoms with E-state index in [1.807, 2.05) is 0 Å². The molecule has 118 valence electrons. The Balaban J connectivity index is 1.82. The molecule has 0 bridgehead atoms. The number of rotatable bonds is 4. The van der Waals surface area contributed by atoms with Crippen molar-refractivity contribution < 1.29 is 4.74 Å². The Kier molecular flexibility index (Phi) is 5.14. The Morgan fingerprint density at radius 2 is 2.05 bits per heavy atom. The van der Waals surface area contributed by atoms with Crippen LogP contribution in [0.4, 0.5) is 0 Å². The van der Waals surface area contributed by atoms with Crippen LogP contribution >= 0.6 is 0 Å². The highest BCUT2D eigenvalue weighted by atomic mass is 16.5. The molecule has 2 aliphatic heterocycles. The molecule has 0 radical (unpaired) electrons. The number of nitrogens with zero attached hydrogens (tertiary/aromatic N) is 1. The number of nitrogens with one attached hydrogen (secondary N) is 1. The SMILES string of the molecule is CC(C)(C)C1CN(CCCC2CCCO2)C(C)(C)CN1. The van der Waals surface area contributed by atoms with Gasteiger partial charge in [0.15, 0.2) is 0 Å². The Bertz CT molecular complexity index is 303. The molecule has 0 spiro atoms. The summed E-state index contributed by atoms with van der Waals surface area (Å²) in [5, 5.41) is 3.74. The minimum atomic E-state index is 0.276. The minimum Gasteiger partial charge on any atom is -0.378 e. The molecule has 2 fully saturated rings. The molecule has 2 heterocycles. The highest BCUT2D eigenvalue weighted by Gasteiger charge is 2.37. The predicted molar refractivity (Wildman–Crippen MR) is 85.1 cm³/mol. The van der Waals surface area contributed by atoms with Gasteiger partial charge in [-0.1, -0.05) is 20.8 Å². The van der Waals surface area contributed by atoms with Crippen LogP contribution in [0.2, 0.25) is 0 Å². The van der Waals surface area contributed by atoms with Crippen molar-refractivity contribution in [2.75, 3.05) is 26.2 Å². The van der Waals surface area contributed by atoms with E-state index in [4.69, 9.17) is 4.74 Å². The van der Waals surface area contributed by atoms with E-state index in [0.717, 1.165) is 13.2 Å². The van der Waals surface area contributed by atoms with Crippen LogP contribution in [-0.4, -0.2) is 48.8 Å². The molecule has 3 nitrogen and oxygen atoms in total. The van der Waals surface area contributed by atoms with Gasteiger partial charge in [-0.05, 0) is 51.5 Å². The van der Waals surface area contributed by atoms with Crippen molar-refractivity contribution in [3.05, 3.63) is 0 Å². The lowest BCUT2D eigenvalue weighted by atomic mass is 9.82. The third-order valence-electron chi connectivity index (χ3n) is 5.06. The van der Waals surface area contributed by atoms with Gasteiger partial charge in [0.05, 0.1) is 6.10 Å². The third-order valence-corrected chi connectivity index (χ3v) is 5.06. The first-order valence-corrected chi connectivity index (χ1v) is 8.39. The summed E-state index contributed by atoms with van der Waals surface area (Å²) in [6.45, 7) is 16.2. The molecular formula is C17H34N2O. The van der Waals surface area contributed by atoms with Crippen LogP contribution in [0.3, 0.4) is 0 Å². The Morgan fingerprint density at radius 3 is 2.65 bits per heavy atom. The largest absolute Gasteiger partial charge is 0.378 e. The number of ether oxygens (including phenoxy) is 1. The fraction of sp³-hybridized carbons (Fsp3) is 1.00. The minimum absolute atomic E-state index is 0.276. The second kappa shape index (κ2) is 6.33. The molecule has 2 aliphatic rings. The van der Waals surface area contributed by atoms with Gasteiger partial charge in [0, 0.05) is 31.3 Å². The quantitative estimate of drug-likeness (QED) is 0.858. The van der Waals surface area contributed by atoms with Crippen molar-refractivity contribution >= 4 is 0 Å². The molecule has 0 aromatic heterocycles. The maximum Gasteiger partial charge on any atom is 0.0576 e. The zero-order chi connectivity index (χ0) is 14.8. The van der Waals surface area contributed by atoms with Gasteiger partial charge in [-0.25, -0.2) is 0 Å². The summed E-state index contributed by atoms with van der Waals surface area (Å²) in [5.74, 6) is 0. The fourth-order valence-corrected chi connectivity index (χ4v) is 3.37. The van der Waals surface area contributed by atoms with E-state index in [-0.39, 0.29) is 5.54 Å². The normalized spacial score (nSPS) is 31.6. The van der Waals surface area contributed by atoms with E-state index in [9.17, 15) is 0 Å². The summed E-state index contributed by atoms with van der Waals surface area (Å²) in [5.41, 5.74) is 0.613. The number of hydrogen-bond donors (Lipinski definition) is 1. The standard InChI is InChI=1S/C17H34N2O/c1-16(2,3)15-12-19(17(4,5)13-18-15)10-6-8-14-9-7-11-20-14/h14-15,18H,6-13H2,1-5H3. The van der Waals surface area contributed by atoms with Gasteiger partial charge < -0.3 is 10.1 Å². The average Bonchev–Trinajstić information content (AvgIpc) is 2.82. The average molecular weight is 282 g/mol. The zero-order valence-electron chi connectivity index (χ0n) is 14.2. The van der Waals surface area contributed by atoms with Crippen LogP contribution in [0.15, 0.2) is 0 Å². The van der Waals surface area contributed by atoms with Gasteiger partial charge in [0.25, 0.3) is 0 Å². The highest BCUT2D eigenvalue weighted by molar-refractivity contribution is 4.96. The van der Waals surface area contributed by atoms with Gasteiger partial charge in [0.2, 0.25) is 0 Å². The molecule has 2 unspecified atom stereocenters. The predicted octanol–water partition coefficient (Wildman–Crippen LogP) is 3.04. The summed E-state index contributed by atoms with van der Waals surface area (Å²) >= 11 is 0. The summed E-state index contributed by atoms with van der Waals surface area (Å²) < 4.78 is 5.74. The molecule has 0 amide bonds. The smallest absolute Gasteiger partial charge is 0.0576 e. The molecule has 0 aromatic rings. The van der Waals surface area contributed by atoms with Crippen LogP contribution < -0.4 is 5.32 Å². The van der Waals surface area contributed by atoms with Crippen LogP contribution in [0.5, 0.6) is 0 Å². The van der Waals surface area contributed by atoms with Crippen LogP contribution in [0.25, 0.3) is 0 Å². The van der Waals surface area contributed by atoms with Crippen molar-refractivity contribution in [3.8, 4) is 0 Å². The van der Waals surface area contributed by atoms with E-state index in [0.29, 0.717) is 17.6 Å². The Hall–Kier alpha value is -0.120. The first-order valence-electron chi connectivity index (χ1n) is 8.39. The molecule has 20 heavy (non-hydrogen) atoms. The number of piperazine rings is 1. The first-order chi connectivity index (χ1) is 9.29. The second-order valence-electron chi connectivity index (χ2n) is 8.34. The first kappa shape index (κ1) is 16.3. The summed E-state index contributed by atoms with van der Waals surface area (Å²) in [6, 6.07) is 0.596. The highest BCUT2D eigenvalue weighted by Crippen LogP contribution is 2.28. The Labute approximate surface area is 125 Å². The molecule has 1 N–H and O–H groups in total. The summed E-state index contributed by atoms with van der Waals surface area (Å²) in [7, 11) is 0. The zero-order valence-corrected chi connectivity index (χ0v) is 14.2. The van der Waals surface area contributed by atoms with Crippen molar-refractivity contribution in [1.82, 2.24) is 10.2 Å². The third kappa shape index (κ3) is 4.19. The second-order valence-corrected chi connectivity index (χ2v) is 8.34. The monoisotopic (exact) mass is 282 g/mol. The van der Waals surface area contributed by atoms with Crippen molar-refractivity contribution in [2.45, 2.75) is 78.0 Å². The lowest BCUT2D eigenvalue weighted by Crippen LogP contribution is -2.64.